The maximum absolute atomic E-state index is 13.0. The van der Waals surface area contributed by atoms with E-state index in [0.29, 0.717) is 24.1 Å². The molecule has 2 aromatic heterocycles. The molecule has 2 atom stereocenters. The highest BCUT2D eigenvalue weighted by atomic mass is 35.5. The van der Waals surface area contributed by atoms with Crippen molar-refractivity contribution in [3.63, 3.8) is 0 Å². The van der Waals surface area contributed by atoms with Crippen LogP contribution in [0, 0.1) is 0 Å². The molecular weight excluding hydrogens is 562 g/mol. The molecule has 0 saturated carbocycles. The predicted octanol–water partition coefficient (Wildman–Crippen LogP) is -1.32. The topological polar surface area (TPSA) is 186 Å². The summed E-state index contributed by atoms with van der Waals surface area (Å²) in [4.78, 5) is 69.4. The van der Waals surface area contributed by atoms with Gasteiger partial charge in [0, 0.05) is 17.4 Å². The summed E-state index contributed by atoms with van der Waals surface area (Å²) in [7, 11) is 1.20. The second kappa shape index (κ2) is 11.6. The van der Waals surface area contributed by atoms with Gasteiger partial charge in [0.15, 0.2) is 29.8 Å². The van der Waals surface area contributed by atoms with Gasteiger partial charge in [0.05, 0.1) is 11.7 Å². The van der Waals surface area contributed by atoms with E-state index in [0.717, 1.165) is 16.2 Å². The fourth-order valence-corrected chi connectivity index (χ4v) is 6.18. The molecule has 1 fully saturated rings. The van der Waals surface area contributed by atoms with Crippen LogP contribution in [0.3, 0.4) is 0 Å². The van der Waals surface area contributed by atoms with E-state index in [4.69, 9.17) is 16.4 Å². The minimum Gasteiger partial charge on any atom is -0.543 e. The normalized spacial score (nSPS) is 18.7. The Bertz CT molecular complexity index is 1380. The third kappa shape index (κ3) is 5.32. The Balaban J connectivity index is 1.53. The third-order valence-electron chi connectivity index (χ3n) is 5.37. The van der Waals surface area contributed by atoms with Crippen molar-refractivity contribution in [2.75, 3.05) is 23.5 Å². The number of aromatic nitrogens is 2. The number of aliphatic carboxylic acids is 1. The highest BCUT2D eigenvalue weighted by molar-refractivity contribution is 8.00. The number of thioether (sulfide) groups is 1. The second-order valence-electron chi connectivity index (χ2n) is 7.65. The summed E-state index contributed by atoms with van der Waals surface area (Å²) in [6, 6.07) is 2.27. The predicted molar refractivity (Wildman–Crippen MR) is 134 cm³/mol. The van der Waals surface area contributed by atoms with Crippen molar-refractivity contribution in [1.29, 1.82) is 0 Å². The summed E-state index contributed by atoms with van der Waals surface area (Å²) in [5.74, 6) is -2.79. The van der Waals surface area contributed by atoms with Gasteiger partial charge in [-0.15, -0.1) is 11.8 Å². The Kier molecular flexibility index (Phi) is 8.23. The molecule has 0 aliphatic carbocycles. The van der Waals surface area contributed by atoms with Crippen LogP contribution >= 0.6 is 34.7 Å². The lowest BCUT2D eigenvalue weighted by atomic mass is 10.0. The maximum Gasteiger partial charge on any atom is 0.276 e. The number of oxime groups is 1. The number of thiazole rings is 1. The van der Waals surface area contributed by atoms with Crippen molar-refractivity contribution in [2.24, 2.45) is 5.16 Å². The lowest BCUT2D eigenvalue weighted by Gasteiger charge is -2.50. The lowest BCUT2D eigenvalue weighted by molar-refractivity contribution is -0.688. The van der Waals surface area contributed by atoms with Crippen LogP contribution in [0.25, 0.3) is 0 Å². The van der Waals surface area contributed by atoms with Crippen molar-refractivity contribution in [1.82, 2.24) is 15.2 Å². The van der Waals surface area contributed by atoms with Crippen LogP contribution in [0.1, 0.15) is 5.69 Å². The maximum atomic E-state index is 13.0. The van der Waals surface area contributed by atoms with Crippen molar-refractivity contribution in [2.45, 2.75) is 18.0 Å². The van der Waals surface area contributed by atoms with Crippen LogP contribution in [-0.2, 0) is 35.4 Å². The zero-order valence-electron chi connectivity index (χ0n) is 19.4. The largest absolute Gasteiger partial charge is 0.543 e. The summed E-state index contributed by atoms with van der Waals surface area (Å²) < 4.78 is 1.71. The van der Waals surface area contributed by atoms with Gasteiger partial charge in [0.2, 0.25) is 12.8 Å². The van der Waals surface area contributed by atoms with Crippen molar-refractivity contribution in [3.05, 3.63) is 45.8 Å². The van der Waals surface area contributed by atoms with Gasteiger partial charge in [-0.25, -0.2) is 4.98 Å². The van der Waals surface area contributed by atoms with E-state index >= 15 is 0 Å². The molecule has 2 aliphatic rings. The van der Waals surface area contributed by atoms with Gasteiger partial charge >= 0.3 is 0 Å². The standard InChI is InChI=1S/C21H18ClN7O7S2/c1-36-27-13(12-16(22)38-21(26-12)24-9-31)17(32)25-14-18(33)29-15(20(34)35)10(7-37-19(14)29)5-28-4-2-3-11(6-28)23-8-30/h2-4,6,8-9,14,19H,5,7H2,1H3,(H3-,23,24,25,26,30,31,32,34,35)/t14?,19-/m0/s1. The zero-order valence-corrected chi connectivity index (χ0v) is 21.8. The van der Waals surface area contributed by atoms with E-state index < -0.39 is 29.2 Å². The smallest absolute Gasteiger partial charge is 0.276 e. The third-order valence-corrected chi connectivity index (χ3v) is 7.90. The molecule has 0 spiro atoms. The van der Waals surface area contributed by atoms with E-state index in [2.05, 4.69) is 26.1 Å². The molecule has 4 amide bonds. The second-order valence-corrected chi connectivity index (χ2v) is 10.4. The number of anilines is 2. The van der Waals surface area contributed by atoms with Gasteiger partial charge < -0.3 is 30.7 Å². The molecule has 1 unspecified atom stereocenters. The number of carbonyl (C=O) groups excluding carboxylic acids is 5. The number of halogens is 1. The molecule has 38 heavy (non-hydrogen) atoms. The average Bonchev–Trinajstić information content (AvgIpc) is 3.25. The minimum absolute atomic E-state index is 0.0469. The Morgan fingerprint density at radius 1 is 1.37 bits per heavy atom. The van der Waals surface area contributed by atoms with Crippen LogP contribution in [-0.4, -0.2) is 70.5 Å². The summed E-state index contributed by atoms with van der Waals surface area (Å²) >= 11 is 8.30. The fraction of sp³-hybridized carbons (Fsp3) is 0.238. The summed E-state index contributed by atoms with van der Waals surface area (Å²) in [5, 5.41) is 22.5. The number of rotatable bonds is 11. The highest BCUT2D eigenvalue weighted by Crippen LogP contribution is 2.40. The SMILES string of the molecule is CON=C(C(=O)NC1C(=O)N2C(C(=O)[O-])=C(C[n+]3cccc(NC=O)c3)CS[C@@H]12)c1nc(NC=O)sc1Cl. The summed E-state index contributed by atoms with van der Waals surface area (Å²) in [5.41, 5.74) is 0.245. The summed E-state index contributed by atoms with van der Waals surface area (Å²) in [6.07, 6.45) is 4.21. The van der Waals surface area contributed by atoms with E-state index in [-0.39, 0.29) is 38.9 Å². The number of fused-ring (bicyclic) bond motifs is 1. The number of nitrogens with zero attached hydrogens (tertiary/aromatic N) is 4. The average molecular weight is 580 g/mol. The Hall–Kier alpha value is -4.02. The minimum atomic E-state index is -1.53. The monoisotopic (exact) mass is 579 g/mol. The first-order valence-electron chi connectivity index (χ1n) is 10.6. The van der Waals surface area contributed by atoms with Crippen molar-refractivity contribution in [3.8, 4) is 0 Å². The lowest BCUT2D eigenvalue weighted by Crippen LogP contribution is -2.71. The highest BCUT2D eigenvalue weighted by Gasteiger charge is 2.53. The van der Waals surface area contributed by atoms with Gasteiger partial charge in [0.1, 0.15) is 34.2 Å². The molecule has 198 valence electrons. The summed E-state index contributed by atoms with van der Waals surface area (Å²) in [6.45, 7) is 0.127. The number of pyridine rings is 1. The molecule has 4 rings (SSSR count). The number of β-lactam (4-membered cyclic amide) rings is 1. The molecule has 17 heteroatoms. The van der Waals surface area contributed by atoms with Gasteiger partial charge in [-0.2, -0.15) is 4.57 Å². The number of hydrogen-bond donors (Lipinski definition) is 3. The molecule has 1 saturated heterocycles. The first kappa shape index (κ1) is 27.0. The van der Waals surface area contributed by atoms with E-state index in [9.17, 15) is 29.1 Å². The fourth-order valence-electron chi connectivity index (χ4n) is 3.84. The van der Waals surface area contributed by atoms with E-state index in [1.807, 2.05) is 0 Å². The molecule has 2 aliphatic heterocycles. The zero-order chi connectivity index (χ0) is 27.4. The van der Waals surface area contributed by atoms with E-state index in [1.54, 1.807) is 29.1 Å². The molecular formula is C21H18ClN7O7S2. The van der Waals surface area contributed by atoms with Crippen LogP contribution in [0.2, 0.25) is 4.34 Å². The number of carbonyl (C=O) groups is 5. The molecule has 0 aromatic carbocycles. The molecule has 3 N–H and O–H groups in total. The number of amides is 4. The van der Waals surface area contributed by atoms with Crippen molar-refractivity contribution < 1.29 is 38.5 Å². The number of hydrogen-bond acceptors (Lipinski definition) is 11. The van der Waals surface area contributed by atoms with E-state index in [1.165, 1.54) is 18.9 Å². The van der Waals surface area contributed by atoms with Gasteiger partial charge in [-0.1, -0.05) is 28.1 Å². The van der Waals surface area contributed by atoms with Crippen molar-refractivity contribution >= 4 is 81.8 Å². The van der Waals surface area contributed by atoms with Crippen LogP contribution in [0.4, 0.5) is 10.8 Å². The van der Waals surface area contributed by atoms with Crippen LogP contribution in [0.5, 0.6) is 0 Å². The Morgan fingerprint density at radius 3 is 2.82 bits per heavy atom. The number of nitrogens with one attached hydrogen (secondary N) is 3. The molecule has 4 heterocycles. The van der Waals surface area contributed by atoms with Crippen LogP contribution < -0.4 is 25.6 Å². The quantitative estimate of drug-likeness (QED) is 0.0953. The molecule has 0 radical (unpaired) electrons. The van der Waals surface area contributed by atoms with Gasteiger partial charge in [-0.05, 0) is 6.07 Å². The molecule has 14 nitrogen and oxygen atoms in total. The Labute approximate surface area is 227 Å². The molecule has 0 bridgehead atoms. The first-order valence-corrected chi connectivity index (χ1v) is 12.9. The van der Waals surface area contributed by atoms with Gasteiger partial charge in [0.25, 0.3) is 11.8 Å². The first-order chi connectivity index (χ1) is 18.3. The number of carboxylic acid groups (broad SMARTS) is 1. The number of carboxylic acids is 1. The van der Waals surface area contributed by atoms with Crippen LogP contribution in [0.15, 0.2) is 41.0 Å². The van der Waals surface area contributed by atoms with Gasteiger partial charge in [-0.3, -0.25) is 24.1 Å². The molecule has 2 aromatic rings. The Morgan fingerprint density at radius 2 is 2.13 bits per heavy atom.